The van der Waals surface area contributed by atoms with Crippen molar-refractivity contribution in [2.24, 2.45) is 4.99 Å². The maximum atomic E-state index is 10.4. The Morgan fingerprint density at radius 3 is 3.05 bits per heavy atom. The molecule has 0 fully saturated rings. The highest BCUT2D eigenvalue weighted by atomic mass is 79.9. The summed E-state index contributed by atoms with van der Waals surface area (Å²) in [6.45, 7) is 0. The number of aliphatic imine (C=N–C) groups is 1. The van der Waals surface area contributed by atoms with Crippen molar-refractivity contribution >= 4 is 39.1 Å². The van der Waals surface area contributed by atoms with Crippen LogP contribution in [0, 0.1) is 0 Å². The molecule has 0 spiro atoms. The number of fused-ring (bicyclic) bond motifs is 3. The van der Waals surface area contributed by atoms with Crippen molar-refractivity contribution in [1.29, 1.82) is 0 Å². The lowest BCUT2D eigenvalue weighted by Gasteiger charge is -2.10. The van der Waals surface area contributed by atoms with Crippen molar-refractivity contribution in [3.05, 3.63) is 33.8 Å². The minimum absolute atomic E-state index is 0.157. The maximum Gasteiger partial charge on any atom is 0.245 e. The summed E-state index contributed by atoms with van der Waals surface area (Å²) in [6.07, 6.45) is 7.18. The molecule has 7 heteroatoms. The number of nitrogens with zero attached hydrogens (tertiary/aromatic N) is 3. The number of aromatic nitrogens is 3. The summed E-state index contributed by atoms with van der Waals surface area (Å²) < 4.78 is 6.55. The topological polar surface area (TPSA) is 87.3 Å². The first kappa shape index (κ1) is 13.5. The van der Waals surface area contributed by atoms with Gasteiger partial charge in [0.2, 0.25) is 5.95 Å². The molecule has 2 aromatic heterocycles. The van der Waals surface area contributed by atoms with Gasteiger partial charge in [0.1, 0.15) is 23.4 Å². The van der Waals surface area contributed by atoms with E-state index in [1.54, 1.807) is 6.21 Å². The van der Waals surface area contributed by atoms with E-state index >= 15 is 0 Å². The number of halogens is 1. The smallest absolute Gasteiger partial charge is 0.245 e. The van der Waals surface area contributed by atoms with Crippen LogP contribution in [0.3, 0.4) is 0 Å². The number of nitrogens with one attached hydrogen (secondary N) is 1. The fraction of sp³-hybridized carbons (Fsp3) is 0.267. The van der Waals surface area contributed by atoms with Gasteiger partial charge in [0.25, 0.3) is 0 Å². The molecule has 0 radical (unpaired) electrons. The van der Waals surface area contributed by atoms with Crippen LogP contribution in [-0.2, 0) is 12.8 Å². The van der Waals surface area contributed by atoms with Crippen molar-refractivity contribution in [2.75, 3.05) is 0 Å². The van der Waals surface area contributed by atoms with Gasteiger partial charge in [-0.15, -0.1) is 0 Å². The molecular formula is C15H13BrN4O2. The molecule has 2 heterocycles. The van der Waals surface area contributed by atoms with Gasteiger partial charge in [0.15, 0.2) is 0 Å². The number of aryl methyl sites for hydroxylation is 2. The Morgan fingerprint density at radius 2 is 2.23 bits per heavy atom. The van der Waals surface area contributed by atoms with E-state index in [1.807, 2.05) is 6.07 Å². The molecule has 1 aliphatic rings. The molecule has 6 nitrogen and oxygen atoms in total. The van der Waals surface area contributed by atoms with E-state index in [0.29, 0.717) is 16.0 Å². The van der Waals surface area contributed by atoms with Gasteiger partial charge in [-0.05, 0) is 41.3 Å². The second kappa shape index (κ2) is 5.24. The zero-order valence-corrected chi connectivity index (χ0v) is 13.2. The highest BCUT2D eigenvalue weighted by Crippen LogP contribution is 2.40. The van der Waals surface area contributed by atoms with Crippen molar-refractivity contribution in [2.45, 2.75) is 25.7 Å². The Bertz CT molecular complexity index is 868. The van der Waals surface area contributed by atoms with Gasteiger partial charge in [-0.1, -0.05) is 0 Å². The van der Waals surface area contributed by atoms with Gasteiger partial charge in [-0.2, -0.15) is 10.1 Å². The summed E-state index contributed by atoms with van der Waals surface area (Å²) in [6, 6.07) is 1.81. The first-order valence-corrected chi connectivity index (χ1v) is 7.88. The van der Waals surface area contributed by atoms with Gasteiger partial charge in [-0.3, -0.25) is 0 Å². The van der Waals surface area contributed by atoms with Gasteiger partial charge in [0, 0.05) is 29.1 Å². The Labute approximate surface area is 134 Å². The number of aromatic hydroxyl groups is 1. The summed E-state index contributed by atoms with van der Waals surface area (Å²) in [7, 11) is 0. The third-order valence-corrected chi connectivity index (χ3v) is 4.53. The Hall–Kier alpha value is -2.15. The van der Waals surface area contributed by atoms with E-state index in [2.05, 4.69) is 36.1 Å². The standard InChI is InChI=1S/C15H13BrN4O2/c16-10-5-12-13(8-3-1-2-4-11(8)22-12)9(14(10)21)6-17-15-18-7-19-20-15/h5-7,21H,1-4H2,(H,18,19,20)/b17-6+. The molecule has 0 aliphatic heterocycles. The van der Waals surface area contributed by atoms with Gasteiger partial charge >= 0.3 is 0 Å². The molecule has 3 aromatic rings. The molecule has 1 aliphatic carbocycles. The highest BCUT2D eigenvalue weighted by molar-refractivity contribution is 9.10. The van der Waals surface area contributed by atoms with Crippen LogP contribution in [0.25, 0.3) is 11.0 Å². The summed E-state index contributed by atoms with van der Waals surface area (Å²) in [5, 5.41) is 17.8. The van der Waals surface area contributed by atoms with Crippen LogP contribution in [0.4, 0.5) is 5.95 Å². The van der Waals surface area contributed by atoms with E-state index in [4.69, 9.17) is 4.42 Å². The Balaban J connectivity index is 1.94. The van der Waals surface area contributed by atoms with Crippen LogP contribution in [0.15, 0.2) is 26.3 Å². The van der Waals surface area contributed by atoms with Gasteiger partial charge in [-0.25, -0.2) is 10.1 Å². The van der Waals surface area contributed by atoms with E-state index in [9.17, 15) is 5.11 Å². The Morgan fingerprint density at radius 1 is 1.36 bits per heavy atom. The minimum atomic E-state index is 0.157. The lowest BCUT2D eigenvalue weighted by atomic mass is 9.94. The molecule has 0 unspecified atom stereocenters. The summed E-state index contributed by atoms with van der Waals surface area (Å²) in [5.41, 5.74) is 2.60. The molecule has 0 saturated carbocycles. The molecule has 0 bridgehead atoms. The van der Waals surface area contributed by atoms with Crippen LogP contribution in [-0.4, -0.2) is 26.5 Å². The molecule has 0 saturated heterocycles. The number of hydrogen-bond acceptors (Lipinski definition) is 5. The predicted molar refractivity (Wildman–Crippen MR) is 85.9 cm³/mol. The summed E-state index contributed by atoms with van der Waals surface area (Å²) >= 11 is 3.37. The first-order chi connectivity index (χ1) is 10.7. The monoisotopic (exact) mass is 360 g/mol. The minimum Gasteiger partial charge on any atom is -0.506 e. The van der Waals surface area contributed by atoms with E-state index in [1.165, 1.54) is 11.9 Å². The number of aromatic amines is 1. The van der Waals surface area contributed by atoms with Crippen LogP contribution in [0.5, 0.6) is 5.75 Å². The van der Waals surface area contributed by atoms with Crippen molar-refractivity contribution < 1.29 is 9.52 Å². The normalized spacial score (nSPS) is 14.8. The second-order valence-electron chi connectivity index (χ2n) is 5.27. The SMILES string of the molecule is Oc1c(Br)cc2oc3c(c2c1/C=N/c1ncn[nH]1)CCCC3. The number of rotatable bonds is 2. The summed E-state index contributed by atoms with van der Waals surface area (Å²) in [5.74, 6) is 1.57. The number of phenolic OH excluding ortho intramolecular Hbond substituents is 1. The second-order valence-corrected chi connectivity index (χ2v) is 6.13. The van der Waals surface area contributed by atoms with E-state index < -0.39 is 0 Å². The van der Waals surface area contributed by atoms with Crippen molar-refractivity contribution in [3.8, 4) is 5.75 Å². The quantitative estimate of drug-likeness (QED) is 0.682. The molecule has 22 heavy (non-hydrogen) atoms. The number of furan rings is 1. The van der Waals surface area contributed by atoms with E-state index in [-0.39, 0.29) is 5.75 Å². The van der Waals surface area contributed by atoms with Crippen LogP contribution < -0.4 is 0 Å². The molecule has 0 atom stereocenters. The van der Waals surface area contributed by atoms with Crippen molar-refractivity contribution in [1.82, 2.24) is 15.2 Å². The molecule has 112 valence electrons. The average molecular weight is 361 g/mol. The van der Waals surface area contributed by atoms with Crippen LogP contribution in [0.1, 0.15) is 29.7 Å². The zero-order valence-electron chi connectivity index (χ0n) is 11.6. The zero-order chi connectivity index (χ0) is 15.1. The first-order valence-electron chi connectivity index (χ1n) is 7.09. The largest absolute Gasteiger partial charge is 0.506 e. The number of phenols is 1. The van der Waals surface area contributed by atoms with Crippen molar-refractivity contribution in [3.63, 3.8) is 0 Å². The molecule has 4 rings (SSSR count). The van der Waals surface area contributed by atoms with Crippen LogP contribution in [0.2, 0.25) is 0 Å². The molecule has 1 aromatic carbocycles. The summed E-state index contributed by atoms with van der Waals surface area (Å²) in [4.78, 5) is 8.20. The highest BCUT2D eigenvalue weighted by Gasteiger charge is 2.22. The third kappa shape index (κ3) is 2.12. The van der Waals surface area contributed by atoms with E-state index in [0.717, 1.165) is 42.4 Å². The number of benzene rings is 1. The third-order valence-electron chi connectivity index (χ3n) is 3.93. The molecule has 2 N–H and O–H groups in total. The van der Waals surface area contributed by atoms with Crippen LogP contribution >= 0.6 is 15.9 Å². The fourth-order valence-corrected chi connectivity index (χ4v) is 3.35. The lowest BCUT2D eigenvalue weighted by Crippen LogP contribution is -1.99. The molecular weight excluding hydrogens is 348 g/mol. The fourth-order valence-electron chi connectivity index (χ4n) is 2.93. The number of hydrogen-bond donors (Lipinski definition) is 2. The number of H-pyrrole nitrogens is 1. The maximum absolute atomic E-state index is 10.4. The molecule has 0 amide bonds. The predicted octanol–water partition coefficient (Wildman–Crippen LogP) is 3.65. The van der Waals surface area contributed by atoms with Gasteiger partial charge < -0.3 is 9.52 Å². The Kier molecular flexibility index (Phi) is 3.22. The lowest BCUT2D eigenvalue weighted by molar-refractivity contribution is 0.471. The van der Waals surface area contributed by atoms with Gasteiger partial charge in [0.05, 0.1) is 4.47 Å². The average Bonchev–Trinajstić information content (AvgIpc) is 3.15.